The zero-order chi connectivity index (χ0) is 20.3. The van der Waals surface area contributed by atoms with E-state index in [0.29, 0.717) is 24.5 Å². The van der Waals surface area contributed by atoms with Gasteiger partial charge >= 0.3 is 5.69 Å². The fourth-order valence-electron chi connectivity index (χ4n) is 3.40. The molecular formula is C20H26N4O4. The van der Waals surface area contributed by atoms with Gasteiger partial charge in [0.25, 0.3) is 11.5 Å². The minimum absolute atomic E-state index is 0.0214. The predicted molar refractivity (Wildman–Crippen MR) is 107 cm³/mol. The number of aryl methyl sites for hydroxylation is 2. The van der Waals surface area contributed by atoms with Crippen molar-refractivity contribution in [1.82, 2.24) is 14.5 Å². The quantitative estimate of drug-likeness (QED) is 0.812. The Morgan fingerprint density at radius 1 is 1.18 bits per heavy atom. The average Bonchev–Trinajstić information content (AvgIpc) is 2.69. The molecular weight excluding hydrogens is 360 g/mol. The second-order valence-electron chi connectivity index (χ2n) is 7.15. The second-order valence-corrected chi connectivity index (χ2v) is 7.15. The Morgan fingerprint density at radius 2 is 1.86 bits per heavy atom. The summed E-state index contributed by atoms with van der Waals surface area (Å²) in [7, 11) is 3.11. The van der Waals surface area contributed by atoms with Crippen LogP contribution >= 0.6 is 0 Å². The maximum atomic E-state index is 12.4. The van der Waals surface area contributed by atoms with Gasteiger partial charge in [-0.1, -0.05) is 18.2 Å². The highest BCUT2D eigenvalue weighted by atomic mass is 16.5. The van der Waals surface area contributed by atoms with Crippen molar-refractivity contribution in [2.45, 2.75) is 25.8 Å². The smallest absolute Gasteiger partial charge is 0.330 e. The highest BCUT2D eigenvalue weighted by Crippen LogP contribution is 2.17. The van der Waals surface area contributed by atoms with E-state index in [1.165, 1.54) is 11.6 Å². The van der Waals surface area contributed by atoms with Gasteiger partial charge in [0, 0.05) is 39.4 Å². The Labute approximate surface area is 163 Å². The van der Waals surface area contributed by atoms with Crippen LogP contribution in [0.1, 0.15) is 18.4 Å². The van der Waals surface area contributed by atoms with Gasteiger partial charge in [0.2, 0.25) is 0 Å². The molecule has 1 aliphatic heterocycles. The molecule has 150 valence electrons. The monoisotopic (exact) mass is 386 g/mol. The molecule has 1 amide bonds. The molecule has 0 aliphatic carbocycles. The molecule has 1 aromatic carbocycles. The molecule has 3 rings (SSSR count). The van der Waals surface area contributed by atoms with Gasteiger partial charge in [0.15, 0.2) is 6.61 Å². The van der Waals surface area contributed by atoms with Crippen molar-refractivity contribution in [2.24, 2.45) is 14.1 Å². The molecule has 8 heteroatoms. The van der Waals surface area contributed by atoms with Crippen LogP contribution in [0.4, 0.5) is 5.69 Å². The summed E-state index contributed by atoms with van der Waals surface area (Å²) in [5.41, 5.74) is 0.862. The average molecular weight is 386 g/mol. The predicted octanol–water partition coefficient (Wildman–Crippen LogP) is 0.556. The van der Waals surface area contributed by atoms with E-state index in [9.17, 15) is 14.4 Å². The van der Waals surface area contributed by atoms with Crippen molar-refractivity contribution in [2.75, 3.05) is 24.6 Å². The lowest BCUT2D eigenvalue weighted by Gasteiger charge is -2.33. The number of carbonyl (C=O) groups excluding carboxylic acids is 1. The van der Waals surface area contributed by atoms with Crippen LogP contribution in [0.3, 0.4) is 0 Å². The van der Waals surface area contributed by atoms with Gasteiger partial charge in [-0.3, -0.25) is 14.2 Å². The minimum Gasteiger partial charge on any atom is -0.484 e. The van der Waals surface area contributed by atoms with Crippen molar-refractivity contribution < 1.29 is 9.53 Å². The first-order valence-electron chi connectivity index (χ1n) is 9.36. The number of para-hydroxylation sites is 1. The number of hydrogen-bond donors (Lipinski definition) is 1. The lowest BCUT2D eigenvalue weighted by atomic mass is 10.0. The molecule has 2 aromatic rings. The van der Waals surface area contributed by atoms with Crippen LogP contribution in [-0.4, -0.2) is 40.8 Å². The van der Waals surface area contributed by atoms with Gasteiger partial charge in [-0.25, -0.2) is 4.79 Å². The minimum atomic E-state index is -0.343. The lowest BCUT2D eigenvalue weighted by Crippen LogP contribution is -2.48. The molecule has 0 spiro atoms. The summed E-state index contributed by atoms with van der Waals surface area (Å²) in [5.74, 6) is 0.553. The van der Waals surface area contributed by atoms with Crippen molar-refractivity contribution in [3.05, 3.63) is 56.9 Å². The number of piperidine rings is 1. The first kappa shape index (κ1) is 19.7. The Balaban J connectivity index is 1.53. The summed E-state index contributed by atoms with van der Waals surface area (Å²) in [6, 6.07) is 7.62. The van der Waals surface area contributed by atoms with E-state index in [2.05, 4.69) is 5.32 Å². The van der Waals surface area contributed by atoms with Crippen LogP contribution in [0.5, 0.6) is 5.75 Å². The van der Waals surface area contributed by atoms with Gasteiger partial charge in [-0.2, -0.15) is 0 Å². The van der Waals surface area contributed by atoms with Gasteiger partial charge in [0.05, 0.1) is 0 Å². The number of rotatable bonds is 5. The summed E-state index contributed by atoms with van der Waals surface area (Å²) in [6.07, 6.45) is 3.03. The molecule has 1 saturated heterocycles. The fraction of sp³-hybridized carbons (Fsp3) is 0.450. The Hall–Kier alpha value is -3.03. The number of carbonyl (C=O) groups is 1. The molecule has 1 fully saturated rings. The molecule has 0 bridgehead atoms. The first-order chi connectivity index (χ1) is 13.4. The van der Waals surface area contributed by atoms with Crippen LogP contribution < -0.4 is 26.2 Å². The molecule has 8 nitrogen and oxygen atoms in total. The number of nitrogens with one attached hydrogen (secondary N) is 1. The van der Waals surface area contributed by atoms with Crippen molar-refractivity contribution >= 4 is 11.6 Å². The Morgan fingerprint density at radius 3 is 2.54 bits per heavy atom. The number of hydrogen-bond acceptors (Lipinski definition) is 5. The van der Waals surface area contributed by atoms with E-state index >= 15 is 0 Å². The maximum Gasteiger partial charge on any atom is 0.330 e. The van der Waals surface area contributed by atoms with E-state index in [1.807, 2.05) is 36.1 Å². The highest BCUT2D eigenvalue weighted by Gasteiger charge is 2.23. The number of ether oxygens (including phenoxy) is 1. The van der Waals surface area contributed by atoms with Crippen LogP contribution in [0, 0.1) is 6.92 Å². The van der Waals surface area contributed by atoms with E-state index in [1.54, 1.807) is 13.2 Å². The van der Waals surface area contributed by atoms with Crippen LogP contribution in [-0.2, 0) is 18.9 Å². The zero-order valence-corrected chi connectivity index (χ0v) is 16.5. The molecule has 0 saturated carbocycles. The molecule has 1 N–H and O–H groups in total. The third kappa shape index (κ3) is 4.27. The van der Waals surface area contributed by atoms with Gasteiger partial charge < -0.3 is 19.5 Å². The fourth-order valence-corrected chi connectivity index (χ4v) is 3.40. The van der Waals surface area contributed by atoms with Crippen LogP contribution in [0.15, 0.2) is 40.1 Å². The van der Waals surface area contributed by atoms with Crippen LogP contribution in [0.2, 0.25) is 0 Å². The standard InChI is InChI=1S/C20H26N4O4/c1-14-6-4-5-7-17(14)28-13-18(25)21-15-8-10-24(11-9-15)16-12-22(2)20(27)23(3)19(16)26/h4-7,12,15H,8-11,13H2,1-3H3,(H,21,25). The van der Waals surface area contributed by atoms with E-state index in [0.717, 1.165) is 23.0 Å². The van der Waals surface area contributed by atoms with Crippen molar-refractivity contribution in [1.29, 1.82) is 0 Å². The number of amides is 1. The molecule has 0 radical (unpaired) electrons. The third-order valence-corrected chi connectivity index (χ3v) is 5.08. The van der Waals surface area contributed by atoms with Gasteiger partial charge in [0.1, 0.15) is 11.4 Å². The highest BCUT2D eigenvalue weighted by molar-refractivity contribution is 5.77. The summed E-state index contributed by atoms with van der Waals surface area (Å²) in [6.45, 7) is 3.19. The summed E-state index contributed by atoms with van der Waals surface area (Å²) in [4.78, 5) is 38.4. The Bertz CT molecular complexity index is 971. The maximum absolute atomic E-state index is 12.4. The molecule has 1 aliphatic rings. The number of benzene rings is 1. The van der Waals surface area contributed by atoms with Crippen molar-refractivity contribution in [3.63, 3.8) is 0 Å². The normalized spacial score (nSPS) is 14.8. The number of anilines is 1. The number of aromatic nitrogens is 2. The van der Waals surface area contributed by atoms with E-state index in [4.69, 9.17) is 4.74 Å². The first-order valence-corrected chi connectivity index (χ1v) is 9.36. The summed E-state index contributed by atoms with van der Waals surface area (Å²) in [5, 5.41) is 3.00. The molecule has 2 heterocycles. The summed E-state index contributed by atoms with van der Waals surface area (Å²) < 4.78 is 8.11. The molecule has 1 aromatic heterocycles. The topological polar surface area (TPSA) is 85.6 Å². The van der Waals surface area contributed by atoms with E-state index in [-0.39, 0.29) is 29.8 Å². The lowest BCUT2D eigenvalue weighted by molar-refractivity contribution is -0.123. The number of nitrogens with zero attached hydrogens (tertiary/aromatic N) is 3. The molecule has 28 heavy (non-hydrogen) atoms. The van der Waals surface area contributed by atoms with Crippen molar-refractivity contribution in [3.8, 4) is 5.75 Å². The zero-order valence-electron chi connectivity index (χ0n) is 16.5. The van der Waals surface area contributed by atoms with Gasteiger partial charge in [-0.05, 0) is 31.4 Å². The van der Waals surface area contributed by atoms with Gasteiger partial charge in [-0.15, -0.1) is 0 Å². The molecule has 0 unspecified atom stereocenters. The van der Waals surface area contributed by atoms with Crippen LogP contribution in [0.25, 0.3) is 0 Å². The van der Waals surface area contributed by atoms with E-state index < -0.39 is 0 Å². The largest absolute Gasteiger partial charge is 0.484 e. The Kier molecular flexibility index (Phi) is 5.87. The molecule has 0 atom stereocenters. The third-order valence-electron chi connectivity index (χ3n) is 5.08. The SMILES string of the molecule is Cc1ccccc1OCC(=O)NC1CCN(c2cn(C)c(=O)n(C)c2=O)CC1. The second kappa shape index (κ2) is 8.33. The summed E-state index contributed by atoms with van der Waals surface area (Å²) >= 11 is 0.